The van der Waals surface area contributed by atoms with Gasteiger partial charge >= 0.3 is 5.97 Å². The molecule has 0 bridgehead atoms. The maximum absolute atomic E-state index is 11.2. The summed E-state index contributed by atoms with van der Waals surface area (Å²) in [5, 5.41) is 3.28. The van der Waals surface area contributed by atoms with E-state index < -0.39 is 0 Å². The summed E-state index contributed by atoms with van der Waals surface area (Å²) in [6, 6.07) is 0. The fourth-order valence-corrected chi connectivity index (χ4v) is 2.09. The maximum atomic E-state index is 11.2. The van der Waals surface area contributed by atoms with Crippen molar-refractivity contribution in [3.63, 3.8) is 0 Å². The second kappa shape index (κ2) is 6.25. The zero-order chi connectivity index (χ0) is 9.73. The zero-order valence-corrected chi connectivity index (χ0v) is 9.78. The Bertz CT molecular complexity index is 179. The molecule has 1 saturated carbocycles. The Labute approximate surface area is 92.0 Å². The number of methoxy groups -OCH3 is 1. The van der Waals surface area contributed by atoms with Crippen LogP contribution in [0.15, 0.2) is 0 Å². The van der Waals surface area contributed by atoms with Gasteiger partial charge in [-0.25, -0.2) is 0 Å². The van der Waals surface area contributed by atoms with E-state index in [1.54, 1.807) is 0 Å². The summed E-state index contributed by atoms with van der Waals surface area (Å²) >= 11 is 0. The van der Waals surface area contributed by atoms with Crippen molar-refractivity contribution in [2.75, 3.05) is 14.2 Å². The molecule has 0 saturated heterocycles. The largest absolute Gasteiger partial charge is 0.469 e. The minimum atomic E-state index is -0.101. The van der Waals surface area contributed by atoms with Crippen LogP contribution in [-0.2, 0) is 9.53 Å². The van der Waals surface area contributed by atoms with E-state index in [1.807, 2.05) is 7.05 Å². The number of ether oxygens (including phenoxy) is 1. The molecule has 14 heavy (non-hydrogen) atoms. The maximum Gasteiger partial charge on any atom is 0.307 e. The first-order valence-electron chi connectivity index (χ1n) is 4.98. The van der Waals surface area contributed by atoms with Crippen LogP contribution < -0.4 is 5.32 Å². The van der Waals surface area contributed by atoms with Crippen LogP contribution in [0.25, 0.3) is 0 Å². The fraction of sp³-hybridized carbons (Fsp3) is 0.900. The summed E-state index contributed by atoms with van der Waals surface area (Å²) in [4.78, 5) is 11.2. The lowest BCUT2D eigenvalue weighted by atomic mass is 9.79. The lowest BCUT2D eigenvalue weighted by molar-refractivity contribution is -0.142. The van der Waals surface area contributed by atoms with E-state index in [9.17, 15) is 4.79 Å². The smallest absolute Gasteiger partial charge is 0.307 e. The lowest BCUT2D eigenvalue weighted by Gasteiger charge is -2.36. The van der Waals surface area contributed by atoms with Crippen LogP contribution in [0, 0.1) is 0 Å². The van der Waals surface area contributed by atoms with Crippen LogP contribution >= 0.6 is 12.4 Å². The van der Waals surface area contributed by atoms with Crippen molar-refractivity contribution in [3.05, 3.63) is 0 Å². The first kappa shape index (κ1) is 13.7. The third kappa shape index (κ3) is 3.46. The Balaban J connectivity index is 0.00000169. The van der Waals surface area contributed by atoms with E-state index in [2.05, 4.69) is 5.32 Å². The van der Waals surface area contributed by atoms with Crippen LogP contribution in [0.5, 0.6) is 0 Å². The number of halogens is 1. The highest BCUT2D eigenvalue weighted by atomic mass is 35.5. The normalized spacial score (nSPS) is 19.6. The summed E-state index contributed by atoms with van der Waals surface area (Å²) in [5.41, 5.74) is 0.0192. The highest BCUT2D eigenvalue weighted by molar-refractivity contribution is 5.85. The summed E-state index contributed by atoms with van der Waals surface area (Å²) in [5.74, 6) is -0.101. The Morgan fingerprint density at radius 1 is 1.36 bits per heavy atom. The number of nitrogens with one attached hydrogen (secondary N) is 1. The molecule has 84 valence electrons. The number of rotatable bonds is 3. The van der Waals surface area contributed by atoms with Crippen LogP contribution in [-0.4, -0.2) is 25.7 Å². The summed E-state index contributed by atoms with van der Waals surface area (Å²) in [6.45, 7) is 0. The molecule has 3 nitrogen and oxygen atoms in total. The van der Waals surface area contributed by atoms with Crippen LogP contribution in [0.3, 0.4) is 0 Å². The van der Waals surface area contributed by atoms with Crippen molar-refractivity contribution >= 4 is 18.4 Å². The molecule has 1 N–H and O–H groups in total. The average Bonchev–Trinajstić information content (AvgIpc) is 2.19. The fourth-order valence-electron chi connectivity index (χ4n) is 2.09. The van der Waals surface area contributed by atoms with Gasteiger partial charge in [0, 0.05) is 5.54 Å². The van der Waals surface area contributed by atoms with Crippen molar-refractivity contribution in [2.24, 2.45) is 0 Å². The predicted octanol–water partition coefficient (Wildman–Crippen LogP) is 1.89. The molecule has 4 heteroatoms. The quantitative estimate of drug-likeness (QED) is 0.740. The minimum Gasteiger partial charge on any atom is -0.469 e. The topological polar surface area (TPSA) is 38.3 Å². The number of carbonyl (C=O) groups is 1. The molecule has 1 rings (SSSR count). The highest BCUT2D eigenvalue weighted by Gasteiger charge is 2.32. The van der Waals surface area contributed by atoms with E-state index in [1.165, 1.54) is 26.4 Å². The third-order valence-corrected chi connectivity index (χ3v) is 3.05. The van der Waals surface area contributed by atoms with Crippen molar-refractivity contribution < 1.29 is 9.53 Å². The number of esters is 1. The molecule has 0 atom stereocenters. The molecule has 0 heterocycles. The Morgan fingerprint density at radius 2 is 1.93 bits per heavy atom. The molecule has 1 aliphatic carbocycles. The van der Waals surface area contributed by atoms with Gasteiger partial charge in [0.25, 0.3) is 0 Å². The standard InChI is InChI=1S/C10H19NO2.ClH/c1-11-10(8-9(12)13-2)6-4-3-5-7-10;/h11H,3-8H2,1-2H3;1H. The van der Waals surface area contributed by atoms with Gasteiger partial charge in [0.05, 0.1) is 13.5 Å². The van der Waals surface area contributed by atoms with E-state index in [-0.39, 0.29) is 23.9 Å². The van der Waals surface area contributed by atoms with E-state index in [4.69, 9.17) is 4.74 Å². The number of hydrogen-bond acceptors (Lipinski definition) is 3. The molecule has 0 unspecified atom stereocenters. The molecule has 0 aromatic rings. The van der Waals surface area contributed by atoms with Gasteiger partial charge < -0.3 is 10.1 Å². The van der Waals surface area contributed by atoms with Gasteiger partial charge in [-0.2, -0.15) is 0 Å². The molecule has 0 aliphatic heterocycles. The molecule has 0 amide bonds. The summed E-state index contributed by atoms with van der Waals surface area (Å²) in [7, 11) is 3.39. The average molecular weight is 222 g/mol. The van der Waals surface area contributed by atoms with Crippen molar-refractivity contribution in [2.45, 2.75) is 44.1 Å². The molecule has 0 aromatic heterocycles. The molecule has 1 fully saturated rings. The highest BCUT2D eigenvalue weighted by Crippen LogP contribution is 2.30. The van der Waals surface area contributed by atoms with Crippen molar-refractivity contribution in [3.8, 4) is 0 Å². The van der Waals surface area contributed by atoms with Gasteiger partial charge in [0.2, 0.25) is 0 Å². The van der Waals surface area contributed by atoms with Gasteiger partial charge in [-0.05, 0) is 19.9 Å². The predicted molar refractivity (Wildman–Crippen MR) is 58.8 cm³/mol. The van der Waals surface area contributed by atoms with Gasteiger partial charge in [0.15, 0.2) is 0 Å². The van der Waals surface area contributed by atoms with Crippen LogP contribution in [0.1, 0.15) is 38.5 Å². The summed E-state index contributed by atoms with van der Waals surface area (Å²) < 4.78 is 4.70. The molecular weight excluding hydrogens is 202 g/mol. The van der Waals surface area contributed by atoms with Crippen LogP contribution in [0.4, 0.5) is 0 Å². The lowest BCUT2D eigenvalue weighted by Crippen LogP contribution is -2.46. The minimum absolute atomic E-state index is 0. The number of hydrogen-bond donors (Lipinski definition) is 1. The molecule has 1 aliphatic rings. The van der Waals surface area contributed by atoms with E-state index in [0.29, 0.717) is 6.42 Å². The zero-order valence-electron chi connectivity index (χ0n) is 8.97. The molecule has 0 spiro atoms. The molecular formula is C10H20ClNO2. The van der Waals surface area contributed by atoms with Crippen molar-refractivity contribution in [1.29, 1.82) is 0 Å². The second-order valence-corrected chi connectivity index (χ2v) is 3.84. The SMILES string of the molecule is CNC1(CC(=O)OC)CCCCC1.Cl. The van der Waals surface area contributed by atoms with Gasteiger partial charge in [-0.1, -0.05) is 19.3 Å². The first-order valence-corrected chi connectivity index (χ1v) is 4.98. The molecule has 0 radical (unpaired) electrons. The number of carbonyl (C=O) groups excluding carboxylic acids is 1. The Kier molecular flexibility index (Phi) is 6.12. The molecule has 0 aromatic carbocycles. The van der Waals surface area contributed by atoms with Gasteiger partial charge in [-0.15, -0.1) is 12.4 Å². The summed E-state index contributed by atoms with van der Waals surface area (Å²) in [6.07, 6.45) is 6.44. The second-order valence-electron chi connectivity index (χ2n) is 3.84. The van der Waals surface area contributed by atoms with E-state index >= 15 is 0 Å². The van der Waals surface area contributed by atoms with E-state index in [0.717, 1.165) is 12.8 Å². The third-order valence-electron chi connectivity index (χ3n) is 3.05. The van der Waals surface area contributed by atoms with Crippen LogP contribution in [0.2, 0.25) is 0 Å². The van der Waals surface area contributed by atoms with Gasteiger partial charge in [-0.3, -0.25) is 4.79 Å². The Hall–Kier alpha value is -0.280. The van der Waals surface area contributed by atoms with Gasteiger partial charge in [0.1, 0.15) is 0 Å². The Morgan fingerprint density at radius 3 is 2.36 bits per heavy atom. The first-order chi connectivity index (χ1) is 6.22. The monoisotopic (exact) mass is 221 g/mol. The van der Waals surface area contributed by atoms with Crippen molar-refractivity contribution in [1.82, 2.24) is 5.32 Å².